The third-order valence-electron chi connectivity index (χ3n) is 1.66. The molecule has 0 amide bonds. The van der Waals surface area contributed by atoms with Gasteiger partial charge in [-0.2, -0.15) is 0 Å². The van der Waals surface area contributed by atoms with E-state index in [1.165, 1.54) is 0 Å². The number of hydrogen-bond donors (Lipinski definition) is 1. The molecule has 62 valence electrons. The number of hydrogen-bond acceptors (Lipinski definition) is 3. The largest absolute Gasteiger partial charge is 0.441 e. The second-order valence-electron chi connectivity index (χ2n) is 2.55. The molecule has 0 atom stereocenters. The fraction of sp³-hybridized carbons (Fsp3) is 0.222. The van der Waals surface area contributed by atoms with Crippen LogP contribution in [-0.2, 0) is 6.42 Å². The Morgan fingerprint density at radius 2 is 2.17 bits per heavy atom. The lowest BCUT2D eigenvalue weighted by Gasteiger charge is -1.84. The standard InChI is InChI=1S/C9H9NO2/c11-6-5-9-10-7-3-1-2-4-8(7)12-9/h1-4,11H,5-6H2. The first-order valence-corrected chi connectivity index (χ1v) is 3.85. The number of fused-ring (bicyclic) bond motifs is 1. The maximum atomic E-state index is 8.64. The molecule has 0 bridgehead atoms. The average molecular weight is 163 g/mol. The molecule has 0 spiro atoms. The second-order valence-corrected chi connectivity index (χ2v) is 2.55. The van der Waals surface area contributed by atoms with Gasteiger partial charge in [-0.25, -0.2) is 4.98 Å². The first-order chi connectivity index (χ1) is 5.90. The van der Waals surface area contributed by atoms with E-state index in [0.717, 1.165) is 11.1 Å². The number of rotatable bonds is 2. The molecule has 0 saturated carbocycles. The van der Waals surface area contributed by atoms with Gasteiger partial charge in [0.25, 0.3) is 0 Å². The Morgan fingerprint density at radius 1 is 1.33 bits per heavy atom. The molecule has 1 N–H and O–H groups in total. The lowest BCUT2D eigenvalue weighted by atomic mass is 10.3. The number of oxazole rings is 1. The van der Waals surface area contributed by atoms with Gasteiger partial charge < -0.3 is 9.52 Å². The van der Waals surface area contributed by atoms with Gasteiger partial charge >= 0.3 is 0 Å². The van der Waals surface area contributed by atoms with E-state index in [9.17, 15) is 0 Å². The summed E-state index contributed by atoms with van der Waals surface area (Å²) in [5.41, 5.74) is 1.63. The summed E-state index contributed by atoms with van der Waals surface area (Å²) in [7, 11) is 0. The maximum Gasteiger partial charge on any atom is 0.197 e. The monoisotopic (exact) mass is 163 g/mol. The van der Waals surface area contributed by atoms with E-state index in [0.29, 0.717) is 12.3 Å². The van der Waals surface area contributed by atoms with Crippen molar-refractivity contribution in [3.8, 4) is 0 Å². The molecule has 3 heteroatoms. The molecule has 2 aromatic rings. The van der Waals surface area contributed by atoms with E-state index in [4.69, 9.17) is 9.52 Å². The van der Waals surface area contributed by atoms with Gasteiger partial charge in [0, 0.05) is 6.42 Å². The lowest BCUT2D eigenvalue weighted by molar-refractivity contribution is 0.287. The van der Waals surface area contributed by atoms with Crippen LogP contribution in [0.15, 0.2) is 28.7 Å². The molecule has 1 heterocycles. The highest BCUT2D eigenvalue weighted by atomic mass is 16.3. The second kappa shape index (κ2) is 2.95. The van der Waals surface area contributed by atoms with Crippen molar-refractivity contribution in [1.82, 2.24) is 4.98 Å². The molecule has 3 nitrogen and oxygen atoms in total. The highest BCUT2D eigenvalue weighted by Crippen LogP contribution is 2.14. The highest BCUT2D eigenvalue weighted by molar-refractivity contribution is 5.72. The average Bonchev–Trinajstić information content (AvgIpc) is 2.47. The molecule has 1 aromatic heterocycles. The number of para-hydroxylation sites is 2. The predicted octanol–water partition coefficient (Wildman–Crippen LogP) is 1.36. The summed E-state index contributed by atoms with van der Waals surface area (Å²) in [6.07, 6.45) is 0.481. The zero-order valence-electron chi connectivity index (χ0n) is 6.53. The Labute approximate surface area is 69.7 Å². The third kappa shape index (κ3) is 1.19. The first-order valence-electron chi connectivity index (χ1n) is 3.85. The van der Waals surface area contributed by atoms with Gasteiger partial charge in [0.1, 0.15) is 5.52 Å². The number of benzene rings is 1. The van der Waals surface area contributed by atoms with Crippen LogP contribution >= 0.6 is 0 Å². The summed E-state index contributed by atoms with van der Waals surface area (Å²) < 4.78 is 5.34. The molecule has 0 unspecified atom stereocenters. The summed E-state index contributed by atoms with van der Waals surface area (Å²) >= 11 is 0. The van der Waals surface area contributed by atoms with Gasteiger partial charge in [0.15, 0.2) is 11.5 Å². The molecule has 0 fully saturated rings. The van der Waals surface area contributed by atoms with E-state index in [-0.39, 0.29) is 6.61 Å². The Morgan fingerprint density at radius 3 is 2.92 bits per heavy atom. The minimum absolute atomic E-state index is 0.0762. The van der Waals surface area contributed by atoms with Crippen molar-refractivity contribution >= 4 is 11.1 Å². The van der Waals surface area contributed by atoms with Gasteiger partial charge in [-0.1, -0.05) is 12.1 Å². The topological polar surface area (TPSA) is 46.3 Å². The van der Waals surface area contributed by atoms with Crippen LogP contribution in [0.3, 0.4) is 0 Å². The van der Waals surface area contributed by atoms with Crippen LogP contribution in [0.5, 0.6) is 0 Å². The quantitative estimate of drug-likeness (QED) is 0.727. The lowest BCUT2D eigenvalue weighted by Crippen LogP contribution is -1.88. The van der Waals surface area contributed by atoms with Gasteiger partial charge in [-0.05, 0) is 12.1 Å². The van der Waals surface area contributed by atoms with Crippen LogP contribution in [-0.4, -0.2) is 16.7 Å². The molecule has 12 heavy (non-hydrogen) atoms. The molecule has 2 rings (SSSR count). The van der Waals surface area contributed by atoms with Gasteiger partial charge in [0.2, 0.25) is 0 Å². The Kier molecular flexibility index (Phi) is 1.80. The van der Waals surface area contributed by atoms with Crippen LogP contribution < -0.4 is 0 Å². The molecule has 0 aliphatic heterocycles. The molecule has 0 radical (unpaired) electrons. The Balaban J connectivity index is 2.47. The number of aliphatic hydroxyl groups is 1. The summed E-state index contributed by atoms with van der Waals surface area (Å²) in [4.78, 5) is 4.18. The number of nitrogens with zero attached hydrogens (tertiary/aromatic N) is 1. The van der Waals surface area contributed by atoms with Crippen LogP contribution in [0.4, 0.5) is 0 Å². The SMILES string of the molecule is OCCc1nc2ccccc2o1. The Bertz CT molecular complexity index is 348. The van der Waals surface area contributed by atoms with Gasteiger partial charge in [-0.3, -0.25) is 0 Å². The zero-order valence-corrected chi connectivity index (χ0v) is 6.53. The molecule has 0 aliphatic rings. The number of aromatic nitrogens is 1. The molecule has 1 aromatic carbocycles. The van der Waals surface area contributed by atoms with E-state index in [2.05, 4.69) is 4.98 Å². The number of aliphatic hydroxyl groups excluding tert-OH is 1. The zero-order chi connectivity index (χ0) is 8.39. The van der Waals surface area contributed by atoms with E-state index in [1.54, 1.807) is 0 Å². The minimum atomic E-state index is 0.0762. The van der Waals surface area contributed by atoms with E-state index < -0.39 is 0 Å². The highest BCUT2D eigenvalue weighted by Gasteiger charge is 2.02. The first kappa shape index (κ1) is 7.31. The fourth-order valence-corrected chi connectivity index (χ4v) is 1.12. The maximum absolute atomic E-state index is 8.64. The minimum Gasteiger partial charge on any atom is -0.441 e. The molecule has 0 aliphatic carbocycles. The molecular formula is C9H9NO2. The van der Waals surface area contributed by atoms with Crippen LogP contribution in [0.1, 0.15) is 5.89 Å². The predicted molar refractivity (Wildman–Crippen MR) is 44.8 cm³/mol. The third-order valence-corrected chi connectivity index (χ3v) is 1.66. The van der Waals surface area contributed by atoms with Crippen LogP contribution in [0.25, 0.3) is 11.1 Å². The molecular weight excluding hydrogens is 154 g/mol. The summed E-state index contributed by atoms with van der Waals surface area (Å²) in [6, 6.07) is 7.56. The van der Waals surface area contributed by atoms with Crippen LogP contribution in [0.2, 0.25) is 0 Å². The summed E-state index contributed by atoms with van der Waals surface area (Å²) in [6.45, 7) is 0.0762. The smallest absolute Gasteiger partial charge is 0.197 e. The molecule has 0 saturated heterocycles. The van der Waals surface area contributed by atoms with Gasteiger partial charge in [-0.15, -0.1) is 0 Å². The van der Waals surface area contributed by atoms with Crippen molar-refractivity contribution < 1.29 is 9.52 Å². The summed E-state index contributed by atoms with van der Waals surface area (Å²) in [5.74, 6) is 0.596. The van der Waals surface area contributed by atoms with Crippen molar-refractivity contribution in [2.75, 3.05) is 6.61 Å². The van der Waals surface area contributed by atoms with Crippen molar-refractivity contribution in [1.29, 1.82) is 0 Å². The normalized spacial score (nSPS) is 10.8. The summed E-state index contributed by atoms with van der Waals surface area (Å²) in [5, 5.41) is 8.64. The van der Waals surface area contributed by atoms with Crippen molar-refractivity contribution in [3.63, 3.8) is 0 Å². The van der Waals surface area contributed by atoms with Crippen LogP contribution in [0, 0.1) is 0 Å². The van der Waals surface area contributed by atoms with Crippen molar-refractivity contribution in [3.05, 3.63) is 30.2 Å². The van der Waals surface area contributed by atoms with Gasteiger partial charge in [0.05, 0.1) is 6.61 Å². The fourth-order valence-electron chi connectivity index (χ4n) is 1.12. The Hall–Kier alpha value is -1.35. The van der Waals surface area contributed by atoms with E-state index >= 15 is 0 Å². The van der Waals surface area contributed by atoms with Crippen molar-refractivity contribution in [2.24, 2.45) is 0 Å². The van der Waals surface area contributed by atoms with E-state index in [1.807, 2.05) is 24.3 Å². The van der Waals surface area contributed by atoms with Crippen molar-refractivity contribution in [2.45, 2.75) is 6.42 Å².